The molecule has 6 nitrogen and oxygen atoms in total. The Morgan fingerprint density at radius 1 is 1.25 bits per heavy atom. The first kappa shape index (κ1) is 16.5. The van der Waals surface area contributed by atoms with Crippen molar-refractivity contribution in [3.8, 4) is 0 Å². The Balaban J connectivity index is 1.52. The Morgan fingerprint density at radius 3 is 2.66 bits per heavy atom. The number of piperidine rings is 1. The average molecular weight is 466 g/mol. The van der Waals surface area contributed by atoms with Gasteiger partial charge >= 0.3 is 5.92 Å². The van der Waals surface area contributed by atoms with Gasteiger partial charge in [0, 0.05) is 35.5 Å². The summed E-state index contributed by atoms with van der Waals surface area (Å²) in [5.41, 5.74) is -0.301. The number of alkyl halides is 2. The summed E-state index contributed by atoms with van der Waals surface area (Å²) in [6.45, 7) is -0.120. The molecular formula is C23H19ClF2N2O4. The molecule has 2 aromatic carbocycles. The van der Waals surface area contributed by atoms with E-state index < -0.39 is 76.6 Å². The summed E-state index contributed by atoms with van der Waals surface area (Å²) in [6, 6.07) is -1.56. The van der Waals surface area contributed by atoms with Gasteiger partial charge in [0.05, 0.1) is 6.85 Å². The first-order chi connectivity index (χ1) is 17.2. The normalized spacial score (nSPS) is 23.0. The highest BCUT2D eigenvalue weighted by molar-refractivity contribution is 6.30. The molecule has 1 N–H and O–H groups in total. The lowest BCUT2D eigenvalue weighted by Gasteiger charge is -2.29. The molecule has 2 aliphatic heterocycles. The van der Waals surface area contributed by atoms with Crippen molar-refractivity contribution in [2.45, 2.75) is 44.2 Å². The second-order valence-corrected chi connectivity index (χ2v) is 7.77. The summed E-state index contributed by atoms with van der Waals surface area (Å²) in [5.74, 6) is -7.96. The minimum atomic E-state index is -4.31. The number of carbonyl (C=O) groups excluding carboxylic acids is 4. The van der Waals surface area contributed by atoms with Gasteiger partial charge < -0.3 is 4.90 Å². The Kier molecular flexibility index (Phi) is 4.34. The second kappa shape index (κ2) is 8.43. The third kappa shape index (κ3) is 4.14. The quantitative estimate of drug-likeness (QED) is 0.663. The van der Waals surface area contributed by atoms with Crippen molar-refractivity contribution in [2.75, 3.05) is 0 Å². The van der Waals surface area contributed by atoms with Crippen LogP contribution in [0.3, 0.4) is 0 Å². The van der Waals surface area contributed by atoms with Crippen molar-refractivity contribution in [3.63, 3.8) is 0 Å². The van der Waals surface area contributed by atoms with E-state index in [0.29, 0.717) is 11.1 Å². The fourth-order valence-electron chi connectivity index (χ4n) is 3.62. The number of amides is 3. The first-order valence-electron chi connectivity index (χ1n) is 12.2. The molecule has 4 rings (SSSR count). The largest absolute Gasteiger partial charge is 0.330 e. The molecule has 32 heavy (non-hydrogen) atoms. The van der Waals surface area contributed by atoms with Crippen LogP contribution >= 0.6 is 11.6 Å². The van der Waals surface area contributed by atoms with Crippen LogP contribution in [0.5, 0.6) is 0 Å². The maximum Gasteiger partial charge on any atom is 0.330 e. The highest BCUT2D eigenvalue weighted by Crippen LogP contribution is 2.32. The Labute approximate surface area is 194 Å². The fraction of sp³-hybridized carbons (Fsp3) is 0.304. The van der Waals surface area contributed by atoms with E-state index in [1.807, 2.05) is 0 Å². The van der Waals surface area contributed by atoms with Gasteiger partial charge in [0.2, 0.25) is 17.6 Å². The second-order valence-electron chi connectivity index (χ2n) is 7.39. The molecule has 1 fully saturated rings. The van der Waals surface area contributed by atoms with Crippen molar-refractivity contribution in [2.24, 2.45) is 0 Å². The van der Waals surface area contributed by atoms with Crippen LogP contribution in [0.25, 0.3) is 0 Å². The summed E-state index contributed by atoms with van der Waals surface area (Å²) in [4.78, 5) is 50.1. The van der Waals surface area contributed by atoms with Crippen molar-refractivity contribution < 1.29 is 34.8 Å². The molecule has 0 aromatic heterocycles. The Morgan fingerprint density at radius 2 is 1.97 bits per heavy atom. The van der Waals surface area contributed by atoms with Crippen LogP contribution in [0.4, 0.5) is 8.78 Å². The van der Waals surface area contributed by atoms with Gasteiger partial charge in [0.15, 0.2) is 0 Å². The van der Waals surface area contributed by atoms with Crippen LogP contribution in [-0.2, 0) is 33.3 Å². The number of aryl methyl sites for hydroxylation is 1. The summed E-state index contributed by atoms with van der Waals surface area (Å²) in [7, 11) is 0. The zero-order valence-corrected chi connectivity index (χ0v) is 17.2. The number of halogens is 3. The predicted octanol–water partition coefficient (Wildman–Crippen LogP) is 3.39. The van der Waals surface area contributed by atoms with Gasteiger partial charge in [-0.25, -0.2) is 0 Å². The van der Waals surface area contributed by atoms with Crippen LogP contribution in [-0.4, -0.2) is 34.4 Å². The Hall–Kier alpha value is -3.13. The number of Topliss-reactive ketones (excluding diaryl/α,β-unsaturated/α-hetero) is 1. The SMILES string of the molecule is [2H]c1c([2H])c(C(F)(F)C(=O)CCc2ccc3c(c2)CN(C2([2H])CCC(=O)NC2=O)C3=O)c([2H])c([2H])c1Cl. The number of rotatable bonds is 6. The maximum absolute atomic E-state index is 15.0. The van der Waals surface area contributed by atoms with Crippen molar-refractivity contribution in [3.05, 3.63) is 69.6 Å². The van der Waals surface area contributed by atoms with Gasteiger partial charge in [-0.15, -0.1) is 0 Å². The van der Waals surface area contributed by atoms with Crippen LogP contribution in [0.2, 0.25) is 5.02 Å². The zero-order chi connectivity index (χ0) is 27.4. The molecule has 0 saturated carbocycles. The molecule has 166 valence electrons. The summed E-state index contributed by atoms with van der Waals surface area (Å²) >= 11 is 5.65. The van der Waals surface area contributed by atoms with E-state index in [1.165, 1.54) is 18.2 Å². The van der Waals surface area contributed by atoms with Crippen molar-refractivity contribution >= 4 is 35.1 Å². The lowest BCUT2D eigenvalue weighted by atomic mass is 9.97. The van der Waals surface area contributed by atoms with E-state index >= 15 is 0 Å². The summed E-state index contributed by atoms with van der Waals surface area (Å²) in [6.07, 6.45) is -1.17. The average Bonchev–Trinajstić information content (AvgIpc) is 3.18. The molecule has 3 amide bonds. The maximum atomic E-state index is 15.0. The van der Waals surface area contributed by atoms with E-state index in [2.05, 4.69) is 5.32 Å². The number of fused-ring (bicyclic) bond motifs is 1. The molecular weight excluding hydrogens is 442 g/mol. The molecule has 0 radical (unpaired) electrons. The van der Waals surface area contributed by atoms with Crippen LogP contribution in [0.15, 0.2) is 42.4 Å². The van der Waals surface area contributed by atoms with E-state index in [0.717, 1.165) is 4.90 Å². The zero-order valence-electron chi connectivity index (χ0n) is 21.5. The summed E-state index contributed by atoms with van der Waals surface area (Å²) < 4.78 is 69.2. The standard InChI is InChI=1S/C23H19ClF2N2O4/c24-16-5-3-15(4-6-16)23(25,26)19(29)9-2-13-1-7-17-14(11-13)12-28(22(17)32)18-8-10-20(30)27-21(18)31/h1,3-7,11,18H,2,8-10,12H2,(H,27,30,31)/i3D,4D,5D,6D,18D. The number of nitrogens with zero attached hydrogens (tertiary/aromatic N) is 1. The number of carbonyl (C=O) groups is 4. The molecule has 2 heterocycles. The van der Waals surface area contributed by atoms with Crippen molar-refractivity contribution in [1.29, 1.82) is 0 Å². The third-order valence-corrected chi connectivity index (χ3v) is 5.49. The van der Waals surface area contributed by atoms with Gasteiger partial charge in [0.25, 0.3) is 5.91 Å². The molecule has 2 aromatic rings. The number of hydrogen-bond donors (Lipinski definition) is 1. The first-order valence-corrected chi connectivity index (χ1v) is 10.0. The lowest BCUT2D eigenvalue weighted by molar-refractivity contribution is -0.144. The molecule has 1 atom stereocenters. The van der Waals surface area contributed by atoms with Gasteiger partial charge in [-0.3, -0.25) is 24.5 Å². The van der Waals surface area contributed by atoms with Crippen LogP contribution in [0, 0.1) is 0 Å². The number of benzene rings is 2. The highest BCUT2D eigenvalue weighted by Gasteiger charge is 2.41. The Bertz CT molecular complexity index is 1360. The smallest absolute Gasteiger partial charge is 0.322 e. The monoisotopic (exact) mass is 465 g/mol. The minimum absolute atomic E-state index is 0.103. The van der Waals surface area contributed by atoms with Gasteiger partial charge in [-0.2, -0.15) is 8.78 Å². The molecule has 0 aliphatic carbocycles. The number of hydrogen-bond acceptors (Lipinski definition) is 4. The van der Waals surface area contributed by atoms with Crippen molar-refractivity contribution in [1.82, 2.24) is 10.2 Å². The number of ketones is 1. The molecule has 1 unspecified atom stereocenters. The fourth-order valence-corrected chi connectivity index (χ4v) is 3.71. The summed E-state index contributed by atoms with van der Waals surface area (Å²) in [5, 5.41) is 1.43. The molecule has 2 aliphatic rings. The topological polar surface area (TPSA) is 83.6 Å². The van der Waals surface area contributed by atoms with E-state index in [-0.39, 0.29) is 31.4 Å². The number of imide groups is 1. The lowest BCUT2D eigenvalue weighted by Crippen LogP contribution is -2.52. The highest BCUT2D eigenvalue weighted by atomic mass is 35.5. The third-order valence-electron chi connectivity index (χ3n) is 5.30. The van der Waals surface area contributed by atoms with Crippen LogP contribution < -0.4 is 5.32 Å². The van der Waals surface area contributed by atoms with Gasteiger partial charge in [-0.05, 0) is 42.1 Å². The molecule has 1 saturated heterocycles. The predicted molar refractivity (Wildman–Crippen MR) is 111 cm³/mol. The van der Waals surface area contributed by atoms with Gasteiger partial charge in [0.1, 0.15) is 6.02 Å². The molecule has 9 heteroatoms. The van der Waals surface area contributed by atoms with Gasteiger partial charge in [-0.1, -0.05) is 35.8 Å². The van der Waals surface area contributed by atoms with Crippen LogP contribution in [0.1, 0.15) is 53.2 Å². The minimum Gasteiger partial charge on any atom is -0.322 e. The molecule has 0 bridgehead atoms. The van der Waals surface area contributed by atoms with E-state index in [1.54, 1.807) is 0 Å². The van der Waals surface area contributed by atoms with E-state index in [4.69, 9.17) is 18.5 Å². The molecule has 0 spiro atoms. The van der Waals surface area contributed by atoms with E-state index in [9.17, 15) is 28.0 Å². The number of nitrogens with one attached hydrogen (secondary N) is 1.